The van der Waals surface area contributed by atoms with Crippen LogP contribution < -0.4 is 5.59 Å². The number of hydrogen-bond acceptors (Lipinski definition) is 3. The van der Waals surface area contributed by atoms with Crippen molar-refractivity contribution >= 4 is 12.7 Å². The highest BCUT2D eigenvalue weighted by molar-refractivity contribution is 6.61. The maximum absolute atomic E-state index is 6.02. The van der Waals surface area contributed by atoms with Gasteiger partial charge in [0.25, 0.3) is 0 Å². The molecule has 0 radical (unpaired) electrons. The Morgan fingerprint density at radius 1 is 1.05 bits per heavy atom. The third-order valence-corrected chi connectivity index (χ3v) is 4.37. The lowest BCUT2D eigenvalue weighted by Gasteiger charge is -2.32. The Balaban J connectivity index is 1.87. The van der Waals surface area contributed by atoms with Crippen LogP contribution in [0.5, 0.6) is 0 Å². The zero-order valence-corrected chi connectivity index (χ0v) is 13.3. The molecule has 4 nitrogen and oxygen atoms in total. The topological polar surface area (TPSA) is 36.3 Å². The summed E-state index contributed by atoms with van der Waals surface area (Å²) in [6.07, 6.45) is 1.94. The average Bonchev–Trinajstić information content (AvgIpc) is 2.93. The van der Waals surface area contributed by atoms with Gasteiger partial charge in [0.2, 0.25) is 0 Å². The molecule has 0 spiro atoms. The minimum absolute atomic E-state index is 0.342. The zero-order valence-electron chi connectivity index (χ0n) is 13.3. The van der Waals surface area contributed by atoms with Crippen LogP contribution in [0.4, 0.5) is 0 Å². The highest BCUT2D eigenvalue weighted by Crippen LogP contribution is 2.36. The molecular weight excluding hydrogens is 263 g/mol. The summed E-state index contributed by atoms with van der Waals surface area (Å²) in [5, 5.41) is 4.60. The van der Waals surface area contributed by atoms with Gasteiger partial charge in [0, 0.05) is 6.20 Å². The molecule has 2 heterocycles. The number of benzene rings is 1. The third-order valence-electron chi connectivity index (χ3n) is 4.37. The van der Waals surface area contributed by atoms with Crippen LogP contribution in [0.3, 0.4) is 0 Å². The smallest absolute Gasteiger partial charge is 0.398 e. The number of rotatable bonds is 2. The van der Waals surface area contributed by atoms with Crippen molar-refractivity contribution in [1.29, 1.82) is 0 Å². The first-order valence-corrected chi connectivity index (χ1v) is 7.27. The minimum Gasteiger partial charge on any atom is -0.398 e. The van der Waals surface area contributed by atoms with E-state index in [1.165, 1.54) is 5.56 Å². The predicted molar refractivity (Wildman–Crippen MR) is 84.0 cm³/mol. The third kappa shape index (κ3) is 2.52. The van der Waals surface area contributed by atoms with Crippen LogP contribution >= 0.6 is 0 Å². The van der Waals surface area contributed by atoms with Crippen LogP contribution in [0, 0.1) is 6.92 Å². The van der Waals surface area contributed by atoms with Gasteiger partial charge in [-0.25, -0.2) is 4.68 Å². The van der Waals surface area contributed by atoms with Gasteiger partial charge in [-0.2, -0.15) is 5.10 Å². The summed E-state index contributed by atoms with van der Waals surface area (Å²) >= 11 is 0. The predicted octanol–water partition coefficient (Wildman–Crippen LogP) is 2.48. The Morgan fingerprint density at radius 2 is 1.71 bits per heavy atom. The van der Waals surface area contributed by atoms with E-state index < -0.39 is 7.12 Å². The first-order chi connectivity index (χ1) is 9.78. The van der Waals surface area contributed by atoms with Crippen LogP contribution in [-0.2, 0) is 9.31 Å². The molecule has 1 aliphatic heterocycles. The fourth-order valence-electron chi connectivity index (χ4n) is 2.34. The van der Waals surface area contributed by atoms with Gasteiger partial charge in [0.1, 0.15) is 0 Å². The first-order valence-electron chi connectivity index (χ1n) is 7.27. The lowest BCUT2D eigenvalue weighted by atomic mass is 9.85. The molecule has 1 aromatic carbocycles. The standard InChI is InChI=1S/C16H21BN2O2/c1-12-7-6-8-13(11-12)19-10-9-14(18-19)17-20-15(2,3)16(4,5)21-17/h6-11H,1-5H3. The molecule has 1 aromatic heterocycles. The highest BCUT2D eigenvalue weighted by atomic mass is 16.7. The first kappa shape index (κ1) is 14.4. The highest BCUT2D eigenvalue weighted by Gasteiger charge is 2.52. The Kier molecular flexibility index (Phi) is 3.22. The Morgan fingerprint density at radius 3 is 2.33 bits per heavy atom. The molecule has 2 aromatic rings. The Bertz CT molecular complexity index is 648. The molecule has 0 bridgehead atoms. The quantitative estimate of drug-likeness (QED) is 0.795. The second kappa shape index (κ2) is 4.72. The molecule has 0 aliphatic carbocycles. The molecule has 110 valence electrons. The summed E-state index contributed by atoms with van der Waals surface area (Å²) in [7, 11) is -0.416. The van der Waals surface area contributed by atoms with E-state index in [1.54, 1.807) is 0 Å². The van der Waals surface area contributed by atoms with Crippen LogP contribution in [0.15, 0.2) is 36.5 Å². The van der Waals surface area contributed by atoms with Crippen molar-refractivity contribution in [3.05, 3.63) is 42.1 Å². The van der Waals surface area contributed by atoms with E-state index in [0.29, 0.717) is 0 Å². The van der Waals surface area contributed by atoms with Gasteiger partial charge < -0.3 is 9.31 Å². The van der Waals surface area contributed by atoms with Crippen molar-refractivity contribution in [3.63, 3.8) is 0 Å². The van der Waals surface area contributed by atoms with Gasteiger partial charge in [-0.3, -0.25) is 0 Å². The number of aryl methyl sites for hydroxylation is 1. The summed E-state index contributed by atoms with van der Waals surface area (Å²) in [5.74, 6) is 0. The molecule has 1 fully saturated rings. The summed E-state index contributed by atoms with van der Waals surface area (Å²) in [5.41, 5.74) is 2.36. The lowest BCUT2D eigenvalue weighted by molar-refractivity contribution is 0.00578. The Labute approximate surface area is 126 Å². The molecule has 0 N–H and O–H groups in total. The van der Waals surface area contributed by atoms with Crippen molar-refractivity contribution < 1.29 is 9.31 Å². The second-order valence-electron chi connectivity index (χ2n) is 6.61. The number of hydrogen-bond donors (Lipinski definition) is 0. The van der Waals surface area contributed by atoms with Crippen LogP contribution in [0.25, 0.3) is 5.69 Å². The van der Waals surface area contributed by atoms with Crippen molar-refractivity contribution in [3.8, 4) is 5.69 Å². The van der Waals surface area contributed by atoms with E-state index in [4.69, 9.17) is 9.31 Å². The summed E-state index contributed by atoms with van der Waals surface area (Å²) in [6, 6.07) is 10.2. The van der Waals surface area contributed by atoms with E-state index in [2.05, 4.69) is 24.2 Å². The largest absolute Gasteiger partial charge is 0.516 e. The maximum Gasteiger partial charge on any atom is 0.516 e. The Hall–Kier alpha value is -1.59. The zero-order chi connectivity index (χ0) is 15.3. The average molecular weight is 284 g/mol. The van der Waals surface area contributed by atoms with E-state index in [-0.39, 0.29) is 11.2 Å². The minimum atomic E-state index is -0.416. The molecule has 5 heteroatoms. The monoisotopic (exact) mass is 284 g/mol. The summed E-state index contributed by atoms with van der Waals surface area (Å²) < 4.78 is 13.9. The second-order valence-corrected chi connectivity index (χ2v) is 6.61. The van der Waals surface area contributed by atoms with Crippen LogP contribution in [0.2, 0.25) is 0 Å². The van der Waals surface area contributed by atoms with Crippen LogP contribution in [0.1, 0.15) is 33.3 Å². The molecular formula is C16H21BN2O2. The van der Waals surface area contributed by atoms with Gasteiger partial charge in [-0.15, -0.1) is 0 Å². The van der Waals surface area contributed by atoms with Crippen LogP contribution in [-0.4, -0.2) is 28.1 Å². The van der Waals surface area contributed by atoms with E-state index in [9.17, 15) is 0 Å². The molecule has 0 saturated carbocycles. The van der Waals surface area contributed by atoms with Crippen molar-refractivity contribution in [2.45, 2.75) is 45.8 Å². The van der Waals surface area contributed by atoms with Gasteiger partial charge >= 0.3 is 7.12 Å². The van der Waals surface area contributed by atoms with Gasteiger partial charge in [-0.1, -0.05) is 12.1 Å². The molecule has 1 saturated heterocycles. The van der Waals surface area contributed by atoms with Gasteiger partial charge in [0.15, 0.2) is 0 Å². The summed E-state index contributed by atoms with van der Waals surface area (Å²) in [4.78, 5) is 0. The molecule has 3 rings (SSSR count). The summed E-state index contributed by atoms with van der Waals surface area (Å²) in [6.45, 7) is 10.3. The SMILES string of the molecule is Cc1cccc(-n2ccc(B3OC(C)(C)C(C)(C)O3)n2)c1. The lowest BCUT2D eigenvalue weighted by Crippen LogP contribution is -2.41. The number of nitrogens with zero attached hydrogens (tertiary/aromatic N) is 2. The van der Waals surface area contributed by atoms with Crippen molar-refractivity contribution in [2.75, 3.05) is 0 Å². The van der Waals surface area contributed by atoms with Crippen molar-refractivity contribution in [2.24, 2.45) is 0 Å². The fraction of sp³-hybridized carbons (Fsp3) is 0.438. The molecule has 1 aliphatic rings. The normalized spacial score (nSPS) is 20.0. The van der Waals surface area contributed by atoms with Crippen molar-refractivity contribution in [1.82, 2.24) is 9.78 Å². The van der Waals surface area contributed by atoms with E-state index in [1.807, 2.05) is 56.8 Å². The maximum atomic E-state index is 6.02. The number of aromatic nitrogens is 2. The molecule has 0 unspecified atom stereocenters. The van der Waals surface area contributed by atoms with E-state index in [0.717, 1.165) is 11.3 Å². The molecule has 0 atom stereocenters. The van der Waals surface area contributed by atoms with Gasteiger partial charge in [0.05, 0.1) is 22.5 Å². The molecule has 0 amide bonds. The fourth-order valence-corrected chi connectivity index (χ4v) is 2.34. The van der Waals surface area contributed by atoms with Gasteiger partial charge in [-0.05, 0) is 58.4 Å². The van der Waals surface area contributed by atoms with E-state index >= 15 is 0 Å². The molecule has 21 heavy (non-hydrogen) atoms.